The highest BCUT2D eigenvalue weighted by atomic mass is 32.2. The van der Waals surface area contributed by atoms with E-state index in [1.165, 1.54) is 0 Å². The number of hydrogen-bond acceptors (Lipinski definition) is 6. The fourth-order valence-corrected chi connectivity index (χ4v) is 5.66. The third kappa shape index (κ3) is 3.18. The molecule has 2 fully saturated rings. The second-order valence-electron chi connectivity index (χ2n) is 6.93. The van der Waals surface area contributed by atoms with Crippen molar-refractivity contribution in [2.24, 2.45) is 13.0 Å². The molecule has 0 saturated carbocycles. The van der Waals surface area contributed by atoms with Gasteiger partial charge in [-0.2, -0.15) is 0 Å². The van der Waals surface area contributed by atoms with E-state index in [1.54, 1.807) is 6.33 Å². The van der Waals surface area contributed by atoms with Crippen LogP contribution >= 0.6 is 0 Å². The number of sulfone groups is 1. The summed E-state index contributed by atoms with van der Waals surface area (Å²) >= 11 is 0. The van der Waals surface area contributed by atoms with Gasteiger partial charge < -0.3 is 4.57 Å². The van der Waals surface area contributed by atoms with Crippen LogP contribution in [-0.2, 0) is 23.4 Å². The molecule has 7 nitrogen and oxygen atoms in total. The van der Waals surface area contributed by atoms with Gasteiger partial charge in [-0.05, 0) is 5.92 Å². The van der Waals surface area contributed by atoms with Gasteiger partial charge in [0.25, 0.3) is 0 Å². The molecule has 0 bridgehead atoms. The van der Waals surface area contributed by atoms with Gasteiger partial charge >= 0.3 is 0 Å². The maximum absolute atomic E-state index is 12.2. The van der Waals surface area contributed by atoms with Gasteiger partial charge in [0.15, 0.2) is 9.84 Å². The van der Waals surface area contributed by atoms with Crippen LogP contribution in [0.3, 0.4) is 0 Å². The zero-order valence-corrected chi connectivity index (χ0v) is 14.3. The van der Waals surface area contributed by atoms with Gasteiger partial charge in [0, 0.05) is 38.8 Å². The number of nitrogens with zero attached hydrogens (tertiary/aromatic N) is 5. The molecule has 124 valence electrons. The van der Waals surface area contributed by atoms with Gasteiger partial charge in [0.05, 0.1) is 18.1 Å². The van der Waals surface area contributed by atoms with Crippen molar-refractivity contribution in [3.63, 3.8) is 0 Å². The molecule has 0 unspecified atom stereocenters. The fraction of sp³-hybridized carbons (Fsp3) is 0.857. The largest absolute Gasteiger partial charge is 0.320 e. The third-order valence-electron chi connectivity index (χ3n) is 4.66. The average Bonchev–Trinajstić information content (AvgIpc) is 2.95. The molecular formula is C14H25N5O2S. The van der Waals surface area contributed by atoms with Gasteiger partial charge in [0.1, 0.15) is 12.2 Å². The maximum atomic E-state index is 12.2. The zero-order chi connectivity index (χ0) is 15.9. The molecule has 0 aliphatic carbocycles. The minimum absolute atomic E-state index is 0.0780. The zero-order valence-electron chi connectivity index (χ0n) is 13.5. The van der Waals surface area contributed by atoms with E-state index in [4.69, 9.17) is 0 Å². The number of piperazine rings is 1. The highest BCUT2D eigenvalue weighted by molar-refractivity contribution is 7.91. The highest BCUT2D eigenvalue weighted by Crippen LogP contribution is 2.28. The molecule has 8 heteroatoms. The second kappa shape index (κ2) is 5.90. The van der Waals surface area contributed by atoms with Gasteiger partial charge in [-0.15, -0.1) is 10.2 Å². The van der Waals surface area contributed by atoms with E-state index in [1.807, 2.05) is 11.6 Å². The Labute approximate surface area is 132 Å². The Hall–Kier alpha value is -0.990. The van der Waals surface area contributed by atoms with Crippen LogP contribution < -0.4 is 0 Å². The van der Waals surface area contributed by atoms with Crippen molar-refractivity contribution in [3.05, 3.63) is 12.2 Å². The van der Waals surface area contributed by atoms with Crippen molar-refractivity contribution >= 4 is 9.84 Å². The predicted octanol–water partition coefficient (Wildman–Crippen LogP) is -0.246. The van der Waals surface area contributed by atoms with Crippen LogP contribution in [0.1, 0.15) is 19.7 Å². The van der Waals surface area contributed by atoms with E-state index < -0.39 is 9.84 Å². The lowest BCUT2D eigenvalue weighted by Crippen LogP contribution is -2.59. The molecule has 2 atom stereocenters. The molecule has 1 aromatic heterocycles. The lowest BCUT2D eigenvalue weighted by atomic mass is 10.0. The molecule has 0 radical (unpaired) electrons. The summed E-state index contributed by atoms with van der Waals surface area (Å²) in [4.78, 5) is 4.64. The molecule has 22 heavy (non-hydrogen) atoms. The van der Waals surface area contributed by atoms with Crippen LogP contribution in [0.25, 0.3) is 0 Å². The molecule has 2 saturated heterocycles. The van der Waals surface area contributed by atoms with Crippen molar-refractivity contribution in [1.82, 2.24) is 24.6 Å². The Morgan fingerprint density at radius 3 is 2.45 bits per heavy atom. The van der Waals surface area contributed by atoms with Crippen molar-refractivity contribution in [2.45, 2.75) is 32.5 Å². The number of rotatable bonds is 4. The van der Waals surface area contributed by atoms with Gasteiger partial charge in [-0.25, -0.2) is 8.42 Å². The van der Waals surface area contributed by atoms with Crippen LogP contribution in [0.5, 0.6) is 0 Å². The smallest absolute Gasteiger partial charge is 0.153 e. The quantitative estimate of drug-likeness (QED) is 0.760. The summed E-state index contributed by atoms with van der Waals surface area (Å²) in [7, 11) is -1.02. The second-order valence-corrected chi connectivity index (χ2v) is 9.08. The van der Waals surface area contributed by atoms with Crippen LogP contribution in [-0.4, -0.2) is 76.2 Å². The Bertz CT molecular complexity index is 627. The summed E-state index contributed by atoms with van der Waals surface area (Å²) in [5.74, 6) is 2.00. The Morgan fingerprint density at radius 1 is 1.23 bits per heavy atom. The Kier molecular flexibility index (Phi) is 4.26. The fourth-order valence-electron chi connectivity index (χ4n) is 3.62. The van der Waals surface area contributed by atoms with Crippen LogP contribution in [0.4, 0.5) is 0 Å². The average molecular weight is 327 g/mol. The van der Waals surface area contributed by atoms with Crippen molar-refractivity contribution < 1.29 is 8.42 Å². The predicted molar refractivity (Wildman–Crippen MR) is 84.1 cm³/mol. The normalized spacial score (nSPS) is 29.1. The Balaban J connectivity index is 1.79. The molecule has 0 N–H and O–H groups in total. The molecule has 1 aromatic rings. The first kappa shape index (κ1) is 15.9. The first-order chi connectivity index (χ1) is 10.4. The van der Waals surface area contributed by atoms with E-state index in [9.17, 15) is 8.42 Å². The van der Waals surface area contributed by atoms with E-state index in [-0.39, 0.29) is 17.8 Å². The highest BCUT2D eigenvalue weighted by Gasteiger charge is 2.46. The van der Waals surface area contributed by atoms with E-state index >= 15 is 0 Å². The maximum Gasteiger partial charge on any atom is 0.153 e. The standard InChI is InChI=1S/C14H25N5O2S/c1-11(2)6-18-4-5-19(7-14-16-15-10-17(14)3)13-9-22(20,21)8-12(13)18/h10-13H,4-9H2,1-3H3/t12-,13+/m1/s1. The molecular weight excluding hydrogens is 302 g/mol. The summed E-state index contributed by atoms with van der Waals surface area (Å²) < 4.78 is 26.2. The molecule has 0 spiro atoms. The van der Waals surface area contributed by atoms with Crippen LogP contribution in [0, 0.1) is 5.92 Å². The van der Waals surface area contributed by atoms with Crippen molar-refractivity contribution in [3.8, 4) is 0 Å². The molecule has 3 rings (SSSR count). The number of aromatic nitrogens is 3. The summed E-state index contributed by atoms with van der Waals surface area (Å²) in [6, 6.07) is 0.198. The minimum Gasteiger partial charge on any atom is -0.320 e. The molecule has 2 aliphatic rings. The van der Waals surface area contributed by atoms with Gasteiger partial charge in [-0.1, -0.05) is 13.8 Å². The van der Waals surface area contributed by atoms with Gasteiger partial charge in [0.2, 0.25) is 0 Å². The molecule has 0 amide bonds. The molecule has 2 aliphatic heterocycles. The van der Waals surface area contributed by atoms with Gasteiger partial charge in [-0.3, -0.25) is 9.80 Å². The summed E-state index contributed by atoms with van der Waals surface area (Å²) in [6.07, 6.45) is 1.69. The van der Waals surface area contributed by atoms with E-state index in [0.29, 0.717) is 18.2 Å². The lowest BCUT2D eigenvalue weighted by Gasteiger charge is -2.44. The summed E-state index contributed by atoms with van der Waals surface area (Å²) in [6.45, 7) is 7.81. The van der Waals surface area contributed by atoms with E-state index in [0.717, 1.165) is 25.5 Å². The van der Waals surface area contributed by atoms with Crippen LogP contribution in [0.15, 0.2) is 6.33 Å². The topological polar surface area (TPSA) is 71.3 Å². The van der Waals surface area contributed by atoms with E-state index in [2.05, 4.69) is 33.8 Å². The lowest BCUT2D eigenvalue weighted by molar-refractivity contribution is 0.0318. The number of hydrogen-bond donors (Lipinski definition) is 0. The minimum atomic E-state index is -2.95. The SMILES string of the molecule is CC(C)CN1CCN(Cc2nncn2C)[C@H]2CS(=O)(=O)C[C@H]21. The van der Waals surface area contributed by atoms with Crippen molar-refractivity contribution in [2.75, 3.05) is 31.1 Å². The molecule has 0 aromatic carbocycles. The van der Waals surface area contributed by atoms with Crippen molar-refractivity contribution in [1.29, 1.82) is 0 Å². The third-order valence-corrected chi connectivity index (χ3v) is 6.35. The van der Waals surface area contributed by atoms with Crippen LogP contribution in [0.2, 0.25) is 0 Å². The summed E-state index contributed by atoms with van der Waals surface area (Å²) in [5.41, 5.74) is 0. The number of aryl methyl sites for hydroxylation is 1. The Morgan fingerprint density at radius 2 is 1.86 bits per heavy atom. The monoisotopic (exact) mass is 327 g/mol. The molecule has 3 heterocycles. The first-order valence-electron chi connectivity index (χ1n) is 7.87. The summed E-state index contributed by atoms with van der Waals surface area (Å²) in [5, 5.41) is 8.05. The number of fused-ring (bicyclic) bond motifs is 1. The first-order valence-corrected chi connectivity index (χ1v) is 9.69.